The Morgan fingerprint density at radius 2 is 2.00 bits per heavy atom. The van der Waals surface area contributed by atoms with Crippen LogP contribution in [-0.2, 0) is 0 Å². The first-order valence-electron chi connectivity index (χ1n) is 3.87. The molecule has 0 spiro atoms. The highest BCUT2D eigenvalue weighted by atomic mass is 32.2. The van der Waals surface area contributed by atoms with Gasteiger partial charge in [-0.2, -0.15) is 0 Å². The van der Waals surface area contributed by atoms with Crippen LogP contribution in [0.15, 0.2) is 23.4 Å². The molecule has 0 aliphatic heterocycles. The van der Waals surface area contributed by atoms with E-state index in [4.69, 9.17) is 5.73 Å². The molecule has 2 N–H and O–H groups in total. The summed E-state index contributed by atoms with van der Waals surface area (Å²) in [5.74, 6) is 0. The molecule has 0 amide bonds. The summed E-state index contributed by atoms with van der Waals surface area (Å²) in [5.41, 5.74) is 6.33. The average Bonchev–Trinajstić information content (AvgIpc) is 1.82. The third-order valence-corrected chi connectivity index (χ3v) is 2.23. The van der Waals surface area contributed by atoms with E-state index in [2.05, 4.69) is 25.8 Å². The van der Waals surface area contributed by atoms with Gasteiger partial charge in [-0.3, -0.25) is 4.98 Å². The highest BCUT2D eigenvalue weighted by Crippen LogP contribution is 2.31. The summed E-state index contributed by atoms with van der Waals surface area (Å²) in [6.45, 7) is 6.50. The molecule has 0 aromatic carbocycles. The molecule has 66 valence electrons. The molecule has 2 nitrogen and oxygen atoms in total. The number of hydrogen-bond donors (Lipinski definition) is 1. The van der Waals surface area contributed by atoms with Crippen molar-refractivity contribution in [1.82, 2.24) is 4.98 Å². The fourth-order valence-corrected chi connectivity index (χ4v) is 1.86. The molecule has 0 saturated carbocycles. The topological polar surface area (TPSA) is 38.9 Å². The van der Waals surface area contributed by atoms with Crippen molar-refractivity contribution in [2.45, 2.75) is 30.4 Å². The van der Waals surface area contributed by atoms with E-state index in [0.717, 1.165) is 10.6 Å². The van der Waals surface area contributed by atoms with E-state index in [1.807, 2.05) is 12.3 Å². The lowest BCUT2D eigenvalue weighted by atomic mass is 10.3. The number of nitrogens with two attached hydrogens (primary N) is 1. The lowest BCUT2D eigenvalue weighted by Crippen LogP contribution is -2.06. The summed E-state index contributed by atoms with van der Waals surface area (Å²) in [4.78, 5) is 5.15. The lowest BCUT2D eigenvalue weighted by Gasteiger charge is -2.16. The van der Waals surface area contributed by atoms with Gasteiger partial charge < -0.3 is 5.73 Å². The predicted molar refractivity (Wildman–Crippen MR) is 54.3 cm³/mol. The SMILES string of the molecule is CC(C)(C)Sc1cncc(N)c1. The second-order valence-electron chi connectivity index (χ2n) is 3.67. The van der Waals surface area contributed by atoms with Crippen LogP contribution < -0.4 is 5.73 Å². The van der Waals surface area contributed by atoms with Crippen molar-refractivity contribution in [3.05, 3.63) is 18.5 Å². The first kappa shape index (κ1) is 9.39. The number of thioether (sulfide) groups is 1. The molecule has 0 bridgehead atoms. The van der Waals surface area contributed by atoms with Crippen LogP contribution in [0.3, 0.4) is 0 Å². The van der Waals surface area contributed by atoms with Crippen LogP contribution in [0.25, 0.3) is 0 Å². The van der Waals surface area contributed by atoms with Crippen molar-refractivity contribution >= 4 is 17.4 Å². The molecule has 1 aromatic rings. The molecule has 0 fully saturated rings. The summed E-state index contributed by atoms with van der Waals surface area (Å²) in [7, 11) is 0. The Balaban J connectivity index is 2.77. The van der Waals surface area contributed by atoms with Gasteiger partial charge in [-0.25, -0.2) is 0 Å². The first-order chi connectivity index (χ1) is 5.47. The number of aromatic nitrogens is 1. The number of nitrogens with zero attached hydrogens (tertiary/aromatic N) is 1. The number of nitrogen functional groups attached to an aromatic ring is 1. The minimum absolute atomic E-state index is 0.218. The van der Waals surface area contributed by atoms with Crippen LogP contribution in [0.5, 0.6) is 0 Å². The zero-order valence-corrected chi connectivity index (χ0v) is 8.48. The molecule has 1 heterocycles. The maximum Gasteiger partial charge on any atom is 0.0511 e. The Bertz CT molecular complexity index is 265. The number of pyridine rings is 1. The third kappa shape index (κ3) is 3.13. The van der Waals surface area contributed by atoms with Crippen molar-refractivity contribution in [1.29, 1.82) is 0 Å². The van der Waals surface area contributed by atoms with Crippen LogP contribution in [0.4, 0.5) is 5.69 Å². The molecule has 0 aliphatic rings. The number of rotatable bonds is 1. The maximum absolute atomic E-state index is 5.60. The molecule has 0 atom stereocenters. The Labute approximate surface area is 77.6 Å². The largest absolute Gasteiger partial charge is 0.397 e. The quantitative estimate of drug-likeness (QED) is 0.678. The van der Waals surface area contributed by atoms with Crippen LogP contribution in [0.1, 0.15) is 20.8 Å². The van der Waals surface area contributed by atoms with Gasteiger partial charge in [0.1, 0.15) is 0 Å². The molecule has 0 unspecified atom stereocenters. The van der Waals surface area contributed by atoms with Gasteiger partial charge in [0, 0.05) is 22.0 Å². The molecule has 1 rings (SSSR count). The van der Waals surface area contributed by atoms with Crippen molar-refractivity contribution in [3.63, 3.8) is 0 Å². The summed E-state index contributed by atoms with van der Waals surface area (Å²) in [6.07, 6.45) is 3.50. The Kier molecular flexibility index (Phi) is 2.62. The number of hydrogen-bond acceptors (Lipinski definition) is 3. The van der Waals surface area contributed by atoms with Gasteiger partial charge in [0.2, 0.25) is 0 Å². The summed E-state index contributed by atoms with van der Waals surface area (Å²) in [5, 5.41) is 0. The molecular formula is C9H14N2S. The van der Waals surface area contributed by atoms with Crippen LogP contribution in [0, 0.1) is 0 Å². The first-order valence-corrected chi connectivity index (χ1v) is 4.68. The van der Waals surface area contributed by atoms with Gasteiger partial charge in [0.05, 0.1) is 5.69 Å². The fourth-order valence-electron chi connectivity index (χ4n) is 0.845. The van der Waals surface area contributed by atoms with Crippen LogP contribution >= 0.6 is 11.8 Å². The summed E-state index contributed by atoms with van der Waals surface area (Å²) >= 11 is 1.77. The molecule has 0 radical (unpaired) electrons. The van der Waals surface area contributed by atoms with E-state index in [1.54, 1.807) is 18.0 Å². The molecule has 0 saturated heterocycles. The Morgan fingerprint density at radius 3 is 2.50 bits per heavy atom. The van der Waals surface area contributed by atoms with Gasteiger partial charge in [-0.1, -0.05) is 20.8 Å². The van der Waals surface area contributed by atoms with Crippen LogP contribution in [0.2, 0.25) is 0 Å². The van der Waals surface area contributed by atoms with E-state index >= 15 is 0 Å². The third-order valence-electron chi connectivity index (χ3n) is 1.16. The fraction of sp³-hybridized carbons (Fsp3) is 0.444. The standard InChI is InChI=1S/C9H14N2S/c1-9(2,3)12-8-4-7(10)5-11-6-8/h4-6H,10H2,1-3H3. The second-order valence-corrected chi connectivity index (χ2v) is 5.57. The number of anilines is 1. The van der Waals surface area contributed by atoms with Crippen molar-refractivity contribution in [2.75, 3.05) is 5.73 Å². The maximum atomic E-state index is 5.60. The van der Waals surface area contributed by atoms with Crippen LogP contribution in [-0.4, -0.2) is 9.73 Å². The van der Waals surface area contributed by atoms with Gasteiger partial charge in [0.25, 0.3) is 0 Å². The van der Waals surface area contributed by atoms with Gasteiger partial charge in [-0.05, 0) is 6.07 Å². The van der Waals surface area contributed by atoms with Gasteiger partial charge in [0.15, 0.2) is 0 Å². The summed E-state index contributed by atoms with van der Waals surface area (Å²) < 4.78 is 0.218. The van der Waals surface area contributed by atoms with Crippen molar-refractivity contribution in [3.8, 4) is 0 Å². The van der Waals surface area contributed by atoms with Crippen molar-refractivity contribution < 1.29 is 0 Å². The zero-order chi connectivity index (χ0) is 9.19. The van der Waals surface area contributed by atoms with Gasteiger partial charge >= 0.3 is 0 Å². The molecule has 1 aromatic heterocycles. The Morgan fingerprint density at radius 1 is 1.33 bits per heavy atom. The normalized spacial score (nSPS) is 11.6. The molecule has 12 heavy (non-hydrogen) atoms. The zero-order valence-electron chi connectivity index (χ0n) is 7.66. The van der Waals surface area contributed by atoms with E-state index in [1.165, 1.54) is 0 Å². The van der Waals surface area contributed by atoms with E-state index in [-0.39, 0.29) is 4.75 Å². The smallest absolute Gasteiger partial charge is 0.0511 e. The predicted octanol–water partition coefficient (Wildman–Crippen LogP) is 2.55. The highest BCUT2D eigenvalue weighted by Gasteiger charge is 2.11. The minimum atomic E-state index is 0.218. The second kappa shape index (κ2) is 3.35. The molecular weight excluding hydrogens is 168 g/mol. The lowest BCUT2D eigenvalue weighted by molar-refractivity contribution is 0.802. The minimum Gasteiger partial charge on any atom is -0.397 e. The van der Waals surface area contributed by atoms with E-state index < -0.39 is 0 Å². The van der Waals surface area contributed by atoms with Gasteiger partial charge in [-0.15, -0.1) is 11.8 Å². The Hall–Kier alpha value is -0.700. The monoisotopic (exact) mass is 182 g/mol. The molecule has 3 heteroatoms. The van der Waals surface area contributed by atoms with E-state index in [0.29, 0.717) is 0 Å². The highest BCUT2D eigenvalue weighted by molar-refractivity contribution is 8.00. The van der Waals surface area contributed by atoms with E-state index in [9.17, 15) is 0 Å². The van der Waals surface area contributed by atoms with Crippen molar-refractivity contribution in [2.24, 2.45) is 0 Å². The molecule has 0 aliphatic carbocycles. The summed E-state index contributed by atoms with van der Waals surface area (Å²) in [6, 6.07) is 1.95. The average molecular weight is 182 g/mol.